The molecule has 0 saturated heterocycles. The van der Waals surface area contributed by atoms with Crippen LogP contribution >= 0.6 is 0 Å². The van der Waals surface area contributed by atoms with E-state index in [9.17, 15) is 4.79 Å². The molecule has 2 aromatic heterocycles. The van der Waals surface area contributed by atoms with Crippen molar-refractivity contribution in [1.29, 1.82) is 0 Å². The van der Waals surface area contributed by atoms with Gasteiger partial charge in [-0.3, -0.25) is 5.32 Å². The van der Waals surface area contributed by atoms with E-state index in [0.717, 1.165) is 59.3 Å². The topological polar surface area (TPSA) is 117 Å². The largest absolute Gasteiger partial charge is 0.486 e. The lowest BCUT2D eigenvalue weighted by Crippen LogP contribution is -2.21. The predicted octanol–water partition coefficient (Wildman–Crippen LogP) is 5.73. The van der Waals surface area contributed by atoms with Crippen LogP contribution in [0.4, 0.5) is 16.2 Å². The second-order valence-electron chi connectivity index (χ2n) is 9.89. The fraction of sp³-hybridized carbons (Fsp3) is 0.357. The van der Waals surface area contributed by atoms with Crippen LogP contribution in [-0.4, -0.2) is 31.7 Å². The summed E-state index contributed by atoms with van der Waals surface area (Å²) in [7, 11) is 0. The summed E-state index contributed by atoms with van der Waals surface area (Å²) in [6.07, 6.45) is 8.13. The van der Waals surface area contributed by atoms with E-state index in [-0.39, 0.29) is 12.7 Å². The third kappa shape index (κ3) is 4.81. The Kier molecular flexibility index (Phi) is 6.12. The Labute approximate surface area is 215 Å². The summed E-state index contributed by atoms with van der Waals surface area (Å²) < 4.78 is 13.8. The molecule has 37 heavy (non-hydrogen) atoms. The Morgan fingerprint density at radius 3 is 2.54 bits per heavy atom. The van der Waals surface area contributed by atoms with E-state index in [4.69, 9.17) is 15.2 Å². The number of rotatable bonds is 8. The minimum absolute atomic E-state index is 0.0525. The molecule has 0 spiro atoms. The Morgan fingerprint density at radius 2 is 1.86 bits per heavy atom. The van der Waals surface area contributed by atoms with Gasteiger partial charge >= 0.3 is 6.09 Å². The van der Waals surface area contributed by atoms with Gasteiger partial charge in [-0.1, -0.05) is 12.1 Å². The molecule has 2 saturated carbocycles. The van der Waals surface area contributed by atoms with Gasteiger partial charge in [-0.2, -0.15) is 0 Å². The van der Waals surface area contributed by atoms with Gasteiger partial charge in [0.1, 0.15) is 31.1 Å². The summed E-state index contributed by atoms with van der Waals surface area (Å²) in [5.41, 5.74) is 11.2. The first-order valence-corrected chi connectivity index (χ1v) is 12.8. The van der Waals surface area contributed by atoms with E-state index in [1.807, 2.05) is 49.4 Å². The minimum Gasteiger partial charge on any atom is -0.486 e. The Bertz CT molecular complexity index is 1410. The number of nitrogen functional groups attached to an aromatic ring is 1. The average Bonchev–Trinajstić information content (AvgIpc) is 3.69. The maximum Gasteiger partial charge on any atom is 0.411 e. The molecule has 1 unspecified atom stereocenters. The van der Waals surface area contributed by atoms with E-state index in [2.05, 4.69) is 24.8 Å². The Morgan fingerprint density at radius 1 is 1.11 bits per heavy atom. The van der Waals surface area contributed by atoms with Crippen molar-refractivity contribution in [1.82, 2.24) is 19.5 Å². The molecule has 9 heteroatoms. The van der Waals surface area contributed by atoms with Crippen LogP contribution in [0.15, 0.2) is 55.1 Å². The summed E-state index contributed by atoms with van der Waals surface area (Å²) in [4.78, 5) is 24.4. The summed E-state index contributed by atoms with van der Waals surface area (Å²) in [6.45, 7) is 2.21. The lowest BCUT2D eigenvalue weighted by molar-refractivity contribution is 0.108. The molecule has 2 aliphatic rings. The van der Waals surface area contributed by atoms with Crippen LogP contribution in [0.2, 0.25) is 0 Å². The maximum atomic E-state index is 12.3. The average molecular weight is 499 g/mol. The van der Waals surface area contributed by atoms with E-state index in [0.29, 0.717) is 23.5 Å². The molecule has 2 fully saturated rings. The standard InChI is InChI=1S/C28H30N6O3/c1-17(18-5-6-18)37-28(35)33-20-9-7-19(8-10-20)27-26(29)23-12-11-22(36-14-25-31-15-30-16-32-25)13-24(23)34(27)21-3-2-4-21/h7-13,15-18,21H,2-6,14,29H2,1H3,(H,33,35). The maximum absolute atomic E-state index is 12.3. The highest BCUT2D eigenvalue weighted by molar-refractivity contribution is 6.01. The normalized spacial score (nSPS) is 16.2. The first-order valence-electron chi connectivity index (χ1n) is 12.8. The van der Waals surface area contributed by atoms with Crippen LogP contribution in [0, 0.1) is 5.92 Å². The zero-order chi connectivity index (χ0) is 25.4. The fourth-order valence-electron chi connectivity index (χ4n) is 4.90. The monoisotopic (exact) mass is 498 g/mol. The van der Waals surface area contributed by atoms with Crippen LogP contribution in [0.5, 0.6) is 5.75 Å². The predicted molar refractivity (Wildman–Crippen MR) is 141 cm³/mol. The highest BCUT2D eigenvalue weighted by atomic mass is 16.6. The highest BCUT2D eigenvalue weighted by Crippen LogP contribution is 2.45. The van der Waals surface area contributed by atoms with Gasteiger partial charge < -0.3 is 19.8 Å². The molecule has 2 heterocycles. The first kappa shape index (κ1) is 23.3. The van der Waals surface area contributed by atoms with E-state index >= 15 is 0 Å². The van der Waals surface area contributed by atoms with Crippen molar-refractivity contribution in [2.45, 2.75) is 57.8 Å². The fourth-order valence-corrected chi connectivity index (χ4v) is 4.90. The number of hydrogen-bond acceptors (Lipinski definition) is 7. The molecule has 3 N–H and O–H groups in total. The van der Waals surface area contributed by atoms with Gasteiger partial charge in [0.05, 0.1) is 16.9 Å². The smallest absolute Gasteiger partial charge is 0.411 e. The Hall–Kier alpha value is -4.14. The molecule has 9 nitrogen and oxygen atoms in total. The third-order valence-corrected chi connectivity index (χ3v) is 7.35. The number of carbonyl (C=O) groups is 1. The van der Waals surface area contributed by atoms with Gasteiger partial charge in [0, 0.05) is 28.7 Å². The summed E-state index contributed by atoms with van der Waals surface area (Å²) >= 11 is 0. The van der Waals surface area contributed by atoms with Crippen LogP contribution in [-0.2, 0) is 11.3 Å². The zero-order valence-electron chi connectivity index (χ0n) is 20.8. The molecule has 190 valence electrons. The lowest BCUT2D eigenvalue weighted by Gasteiger charge is -2.30. The third-order valence-electron chi connectivity index (χ3n) is 7.35. The molecular formula is C28H30N6O3. The van der Waals surface area contributed by atoms with Crippen LogP contribution < -0.4 is 15.8 Å². The number of nitrogens with one attached hydrogen (secondary N) is 1. The van der Waals surface area contributed by atoms with E-state index < -0.39 is 6.09 Å². The van der Waals surface area contributed by atoms with Gasteiger partial charge in [-0.05, 0) is 69.2 Å². The number of hydrogen-bond donors (Lipinski definition) is 2. The SMILES string of the molecule is CC(OC(=O)Nc1ccc(-c2c(N)c3ccc(OCc4ncncn4)cc3n2C2CCC2)cc1)C1CC1. The number of anilines is 2. The van der Waals surface area contributed by atoms with Crippen LogP contribution in [0.3, 0.4) is 0 Å². The van der Waals surface area contributed by atoms with Crippen molar-refractivity contribution in [2.75, 3.05) is 11.1 Å². The number of ether oxygens (including phenoxy) is 2. The number of fused-ring (bicyclic) bond motifs is 1. The van der Waals surface area contributed by atoms with Crippen molar-refractivity contribution in [2.24, 2.45) is 5.92 Å². The Balaban J connectivity index is 1.27. The van der Waals surface area contributed by atoms with Gasteiger partial charge in [-0.15, -0.1) is 0 Å². The second kappa shape index (κ2) is 9.72. The molecular weight excluding hydrogens is 468 g/mol. The zero-order valence-corrected chi connectivity index (χ0v) is 20.8. The van der Waals surface area contributed by atoms with Gasteiger partial charge in [0.15, 0.2) is 5.82 Å². The molecule has 0 bridgehead atoms. The number of benzene rings is 2. The second-order valence-corrected chi connectivity index (χ2v) is 9.89. The first-order chi connectivity index (χ1) is 18.1. The number of carbonyl (C=O) groups excluding carboxylic acids is 1. The van der Waals surface area contributed by atoms with Crippen molar-refractivity contribution in [3.8, 4) is 17.0 Å². The molecule has 1 amide bonds. The number of amides is 1. The van der Waals surface area contributed by atoms with Crippen molar-refractivity contribution in [3.63, 3.8) is 0 Å². The minimum atomic E-state index is -0.417. The van der Waals surface area contributed by atoms with Crippen molar-refractivity contribution >= 4 is 28.4 Å². The van der Waals surface area contributed by atoms with E-state index in [1.165, 1.54) is 19.1 Å². The van der Waals surface area contributed by atoms with Gasteiger partial charge in [-0.25, -0.2) is 19.7 Å². The van der Waals surface area contributed by atoms with Crippen LogP contribution in [0.25, 0.3) is 22.2 Å². The number of nitrogens with two attached hydrogens (primary N) is 1. The molecule has 1 atom stereocenters. The summed E-state index contributed by atoms with van der Waals surface area (Å²) in [5, 5.41) is 3.83. The summed E-state index contributed by atoms with van der Waals surface area (Å²) in [5.74, 6) is 1.81. The molecule has 0 radical (unpaired) electrons. The summed E-state index contributed by atoms with van der Waals surface area (Å²) in [6, 6.07) is 14.1. The van der Waals surface area contributed by atoms with Crippen LogP contribution in [0.1, 0.15) is 50.9 Å². The molecule has 2 aromatic carbocycles. The number of nitrogens with zero attached hydrogens (tertiary/aromatic N) is 4. The molecule has 2 aliphatic carbocycles. The lowest BCUT2D eigenvalue weighted by atomic mass is 9.92. The molecule has 6 rings (SSSR count). The van der Waals surface area contributed by atoms with Gasteiger partial charge in [0.2, 0.25) is 0 Å². The highest BCUT2D eigenvalue weighted by Gasteiger charge is 2.31. The van der Waals surface area contributed by atoms with Crippen molar-refractivity contribution < 1.29 is 14.3 Å². The van der Waals surface area contributed by atoms with Crippen molar-refractivity contribution in [3.05, 3.63) is 60.9 Å². The molecule has 0 aliphatic heterocycles. The van der Waals surface area contributed by atoms with E-state index in [1.54, 1.807) is 0 Å². The quantitative estimate of drug-likeness (QED) is 0.319. The molecule has 4 aromatic rings. The number of aromatic nitrogens is 4. The van der Waals surface area contributed by atoms with Gasteiger partial charge in [0.25, 0.3) is 0 Å².